The summed E-state index contributed by atoms with van der Waals surface area (Å²) in [7, 11) is 0. The zero-order valence-corrected chi connectivity index (χ0v) is 46.8. The summed E-state index contributed by atoms with van der Waals surface area (Å²) in [5, 5.41) is 0. The van der Waals surface area contributed by atoms with E-state index >= 15 is 0 Å². The van der Waals surface area contributed by atoms with E-state index in [9.17, 15) is 0 Å². The maximum atomic E-state index is 2.91. The van der Waals surface area contributed by atoms with E-state index in [0.29, 0.717) is 0 Å². The summed E-state index contributed by atoms with van der Waals surface area (Å²) in [4.78, 5) is 8.18. The van der Waals surface area contributed by atoms with Crippen LogP contribution in [0.1, 0.15) is 149 Å². The van der Waals surface area contributed by atoms with E-state index in [1.54, 1.807) is 0 Å². The molecule has 376 valence electrons. The van der Waals surface area contributed by atoms with E-state index in [-0.39, 0.29) is 39.3 Å². The number of hydrogen-bond donors (Lipinski definition) is 0. The standard InChI is InChI=1S/C71H74BN3/c1-66(2,3)48-25-31-53(32-26-48)73(54-33-27-49(28-34-54)67(4,5)6)55-43-62-64-63(44-55)75-65-57(70(12)37-17-18-38-71(70,75)13)39-47(45-19-15-14-16-20-45)40-59(65)72(64)58-35-29-52-42-61(58)74(62)60-36-30-51(68(7,8)9)41-56(60)46-21-23-50(24-22-46)69(52,10)11/h14-16,19-36,39-44H,17-18,37-38H2,1-13H3. The first kappa shape index (κ1) is 47.9. The normalized spacial score (nSPS) is 19.7. The average Bonchev–Trinajstić information content (AvgIpc) is 3.86. The van der Waals surface area contributed by atoms with Crippen LogP contribution in [0.2, 0.25) is 0 Å². The largest absolute Gasteiger partial charge is 0.335 e. The van der Waals surface area contributed by atoms with Crippen molar-refractivity contribution in [2.24, 2.45) is 0 Å². The highest BCUT2D eigenvalue weighted by Crippen LogP contribution is 2.63. The molecule has 1 fully saturated rings. The summed E-state index contributed by atoms with van der Waals surface area (Å²) < 4.78 is 0. The molecule has 4 heteroatoms. The molecule has 0 aromatic heterocycles. The van der Waals surface area contributed by atoms with Gasteiger partial charge in [0.25, 0.3) is 6.71 Å². The maximum Gasteiger partial charge on any atom is 0.252 e. The van der Waals surface area contributed by atoms with Crippen LogP contribution in [0.3, 0.4) is 0 Å². The van der Waals surface area contributed by atoms with Crippen LogP contribution in [0, 0.1) is 0 Å². The van der Waals surface area contributed by atoms with Crippen LogP contribution in [0.15, 0.2) is 164 Å². The molecule has 4 bridgehead atoms. The van der Waals surface area contributed by atoms with Crippen LogP contribution in [-0.4, -0.2) is 12.3 Å². The third-order valence-electron chi connectivity index (χ3n) is 19.1. The third-order valence-corrected chi connectivity index (χ3v) is 19.1. The minimum absolute atomic E-state index is 0.00484. The van der Waals surface area contributed by atoms with Gasteiger partial charge in [-0.25, -0.2) is 0 Å². The molecule has 2 unspecified atom stereocenters. The van der Waals surface area contributed by atoms with Crippen molar-refractivity contribution >= 4 is 68.6 Å². The highest BCUT2D eigenvalue weighted by Gasteiger charge is 2.61. The van der Waals surface area contributed by atoms with E-state index in [2.05, 4.69) is 269 Å². The Hall–Kier alpha value is -6.78. The van der Waals surface area contributed by atoms with Gasteiger partial charge in [-0.05, 0) is 163 Å². The first-order valence-corrected chi connectivity index (χ1v) is 28.0. The van der Waals surface area contributed by atoms with Gasteiger partial charge in [0, 0.05) is 50.5 Å². The monoisotopic (exact) mass is 980 g/mol. The van der Waals surface area contributed by atoms with E-state index < -0.39 is 0 Å². The van der Waals surface area contributed by atoms with E-state index in [4.69, 9.17) is 0 Å². The van der Waals surface area contributed by atoms with Crippen molar-refractivity contribution in [2.45, 2.75) is 148 Å². The van der Waals surface area contributed by atoms with Crippen LogP contribution in [-0.2, 0) is 27.1 Å². The van der Waals surface area contributed by atoms with E-state index in [1.807, 2.05) is 0 Å². The van der Waals surface area contributed by atoms with Gasteiger partial charge in [0.2, 0.25) is 0 Å². The minimum atomic E-state index is -0.244. The van der Waals surface area contributed by atoms with Gasteiger partial charge in [-0.15, -0.1) is 0 Å². The highest BCUT2D eigenvalue weighted by molar-refractivity contribution is 7.00. The lowest BCUT2D eigenvalue weighted by molar-refractivity contribution is 0.195. The van der Waals surface area contributed by atoms with E-state index in [0.717, 1.165) is 24.2 Å². The zero-order chi connectivity index (χ0) is 52.4. The lowest BCUT2D eigenvalue weighted by Crippen LogP contribution is -2.64. The molecule has 0 spiro atoms. The number of hydrogen-bond acceptors (Lipinski definition) is 3. The van der Waals surface area contributed by atoms with Gasteiger partial charge in [0.1, 0.15) is 0 Å². The third kappa shape index (κ3) is 7.06. The van der Waals surface area contributed by atoms with Gasteiger partial charge in [-0.1, -0.05) is 199 Å². The van der Waals surface area contributed by atoms with Crippen molar-refractivity contribution in [2.75, 3.05) is 14.7 Å². The van der Waals surface area contributed by atoms with Gasteiger partial charge < -0.3 is 14.7 Å². The van der Waals surface area contributed by atoms with Gasteiger partial charge >= 0.3 is 0 Å². The van der Waals surface area contributed by atoms with E-state index in [1.165, 1.54) is 119 Å². The Morgan fingerprint density at radius 3 is 1.67 bits per heavy atom. The summed E-state index contributed by atoms with van der Waals surface area (Å²) in [6, 6.07) is 65.0. The molecule has 75 heavy (non-hydrogen) atoms. The summed E-state index contributed by atoms with van der Waals surface area (Å²) in [5.41, 5.74) is 27.0. The molecular weight excluding hydrogens is 906 g/mol. The van der Waals surface area contributed by atoms with Crippen LogP contribution in [0.4, 0.5) is 45.5 Å². The molecule has 0 radical (unpaired) electrons. The van der Waals surface area contributed by atoms with Crippen molar-refractivity contribution in [3.8, 4) is 22.3 Å². The van der Waals surface area contributed by atoms with Gasteiger partial charge in [0.15, 0.2) is 0 Å². The van der Waals surface area contributed by atoms with Gasteiger partial charge in [0.05, 0.1) is 16.9 Å². The molecule has 5 heterocycles. The SMILES string of the molecule is CC(C)(C)c1ccc(N(c2ccc(C(C)(C)C)cc2)c2cc3c4c(c2)N2c5c(cc(-c6ccccc6)cc5C5(C)CCCCC25C)B4c2ccc4cc2N3c2ccc(C(C)(C)C)cc2-c2ccc(cc2)C4(C)C)cc1. The van der Waals surface area contributed by atoms with Crippen LogP contribution >= 0.6 is 0 Å². The topological polar surface area (TPSA) is 9.72 Å². The maximum absolute atomic E-state index is 2.91. The second kappa shape index (κ2) is 16.1. The number of anilines is 8. The van der Waals surface area contributed by atoms with Gasteiger partial charge in [-0.3, -0.25) is 0 Å². The predicted molar refractivity (Wildman–Crippen MR) is 322 cm³/mol. The fourth-order valence-electron chi connectivity index (χ4n) is 14.2. The Bertz CT molecular complexity index is 3550. The summed E-state index contributed by atoms with van der Waals surface area (Å²) in [6.07, 6.45) is 4.73. The Morgan fingerprint density at radius 2 is 1.04 bits per heavy atom. The minimum Gasteiger partial charge on any atom is -0.335 e. The highest BCUT2D eigenvalue weighted by atomic mass is 15.3. The second-order valence-corrected chi connectivity index (χ2v) is 27.0. The number of fused-ring (bicyclic) bond motifs is 8. The summed E-state index contributed by atoms with van der Waals surface area (Å²) in [6.45, 7) is 31.0. The van der Waals surface area contributed by atoms with Crippen molar-refractivity contribution in [1.29, 1.82) is 0 Å². The van der Waals surface area contributed by atoms with Crippen molar-refractivity contribution in [1.82, 2.24) is 0 Å². The molecule has 5 aliphatic heterocycles. The number of nitrogens with zero attached hydrogens (tertiary/aromatic N) is 3. The van der Waals surface area contributed by atoms with Crippen LogP contribution in [0.25, 0.3) is 22.3 Å². The van der Waals surface area contributed by atoms with Gasteiger partial charge in [-0.2, -0.15) is 0 Å². The molecule has 0 amide bonds. The Morgan fingerprint density at radius 1 is 0.453 bits per heavy atom. The molecule has 14 rings (SSSR count). The molecular formula is C71H74BN3. The quantitative estimate of drug-likeness (QED) is 0.163. The van der Waals surface area contributed by atoms with Crippen molar-refractivity contribution < 1.29 is 0 Å². The molecule has 3 nitrogen and oxygen atoms in total. The lowest BCUT2D eigenvalue weighted by atomic mass is 9.33. The van der Waals surface area contributed by atoms with Crippen molar-refractivity contribution in [3.63, 3.8) is 0 Å². The van der Waals surface area contributed by atoms with Crippen molar-refractivity contribution in [3.05, 3.63) is 197 Å². The van der Waals surface area contributed by atoms with Crippen LogP contribution < -0.4 is 31.1 Å². The fourth-order valence-corrected chi connectivity index (χ4v) is 14.2. The lowest BCUT2D eigenvalue weighted by Gasteiger charge is -2.53. The Labute approximate surface area is 448 Å². The molecule has 1 aliphatic carbocycles. The molecule has 6 aliphatic rings. The number of rotatable bonds is 4. The smallest absolute Gasteiger partial charge is 0.252 e. The second-order valence-electron chi connectivity index (χ2n) is 27.0. The molecule has 0 saturated heterocycles. The first-order valence-electron chi connectivity index (χ1n) is 28.0. The number of benzene rings is 8. The summed E-state index contributed by atoms with van der Waals surface area (Å²) >= 11 is 0. The Kier molecular flexibility index (Phi) is 10.3. The predicted octanol–water partition coefficient (Wildman–Crippen LogP) is 17.4. The van der Waals surface area contributed by atoms with Crippen LogP contribution in [0.5, 0.6) is 0 Å². The Balaban J connectivity index is 1.18. The summed E-state index contributed by atoms with van der Waals surface area (Å²) in [5.74, 6) is 0. The molecule has 8 aromatic rings. The molecule has 8 aromatic carbocycles. The molecule has 0 N–H and O–H groups in total. The molecule has 2 atom stereocenters. The molecule has 1 saturated carbocycles. The first-order chi connectivity index (χ1) is 35.6. The zero-order valence-electron chi connectivity index (χ0n) is 46.8. The fraction of sp³-hybridized carbons (Fsp3) is 0.324. The average molecular weight is 980 g/mol.